The molecule has 2 aromatic carbocycles. The number of ether oxygens (including phenoxy) is 1. The molecule has 1 aromatic heterocycles. The predicted molar refractivity (Wildman–Crippen MR) is 128 cm³/mol. The second-order valence-corrected chi connectivity index (χ2v) is 8.87. The average Bonchev–Trinajstić information content (AvgIpc) is 3.39. The van der Waals surface area contributed by atoms with Gasteiger partial charge in [-0.1, -0.05) is 23.7 Å². The van der Waals surface area contributed by atoms with Gasteiger partial charge in [0.15, 0.2) is 0 Å². The molecule has 186 valence electrons. The van der Waals surface area contributed by atoms with Crippen molar-refractivity contribution in [3.05, 3.63) is 75.8 Å². The van der Waals surface area contributed by atoms with Crippen LogP contribution in [0.15, 0.2) is 63.9 Å². The molecule has 1 fully saturated rings. The van der Waals surface area contributed by atoms with Crippen LogP contribution in [0.3, 0.4) is 0 Å². The fraction of sp³-hybridized carbons (Fsp3) is 0.125. The maximum absolute atomic E-state index is 13.0. The fourth-order valence-corrected chi connectivity index (χ4v) is 4.32. The summed E-state index contributed by atoms with van der Waals surface area (Å²) in [4.78, 5) is 38.3. The number of halogens is 4. The number of alkyl halides is 3. The molecule has 0 unspecified atom stereocenters. The average molecular weight is 537 g/mol. The van der Waals surface area contributed by atoms with Gasteiger partial charge in [0, 0.05) is 16.7 Å². The Balaban J connectivity index is 1.47. The van der Waals surface area contributed by atoms with E-state index in [0.717, 1.165) is 17.7 Å². The summed E-state index contributed by atoms with van der Waals surface area (Å²) >= 11 is 6.60. The summed E-state index contributed by atoms with van der Waals surface area (Å²) in [6, 6.07) is 12.8. The lowest BCUT2D eigenvalue weighted by atomic mass is 10.1. The molecular weight excluding hydrogens is 521 g/mol. The Hall–Kier alpha value is -3.70. The van der Waals surface area contributed by atoms with E-state index in [1.165, 1.54) is 13.2 Å². The van der Waals surface area contributed by atoms with Crippen LogP contribution >= 0.6 is 23.4 Å². The van der Waals surface area contributed by atoms with Crippen LogP contribution in [-0.2, 0) is 15.8 Å². The van der Waals surface area contributed by atoms with Crippen molar-refractivity contribution in [1.29, 1.82) is 0 Å². The van der Waals surface area contributed by atoms with E-state index >= 15 is 0 Å². The van der Waals surface area contributed by atoms with E-state index in [0.29, 0.717) is 39.3 Å². The maximum Gasteiger partial charge on any atom is 0.416 e. The number of methoxy groups -OCH3 is 1. The van der Waals surface area contributed by atoms with Crippen molar-refractivity contribution in [2.24, 2.45) is 0 Å². The minimum Gasteiger partial charge on any atom is -0.495 e. The van der Waals surface area contributed by atoms with E-state index in [1.807, 2.05) is 0 Å². The van der Waals surface area contributed by atoms with Crippen LogP contribution in [0.25, 0.3) is 17.4 Å². The summed E-state index contributed by atoms with van der Waals surface area (Å²) in [5, 5.41) is 2.08. The Morgan fingerprint density at radius 3 is 2.64 bits per heavy atom. The SMILES string of the molecule is COc1ccc(C(F)(F)F)cc1NC(=O)CN1C(=O)S/C(=C\c2ccc(-c3cccc(Cl)c3)o2)C1=O. The van der Waals surface area contributed by atoms with Gasteiger partial charge in [-0.15, -0.1) is 0 Å². The van der Waals surface area contributed by atoms with Gasteiger partial charge in [0.2, 0.25) is 5.91 Å². The summed E-state index contributed by atoms with van der Waals surface area (Å²) in [5.41, 5.74) is -0.524. The van der Waals surface area contributed by atoms with Crippen LogP contribution in [-0.4, -0.2) is 35.6 Å². The van der Waals surface area contributed by atoms with E-state index in [2.05, 4.69) is 5.32 Å². The number of imide groups is 1. The number of anilines is 1. The van der Waals surface area contributed by atoms with Gasteiger partial charge in [-0.25, -0.2) is 0 Å². The van der Waals surface area contributed by atoms with Crippen molar-refractivity contribution in [1.82, 2.24) is 4.90 Å². The molecule has 3 amide bonds. The molecule has 0 saturated carbocycles. The van der Waals surface area contributed by atoms with E-state index < -0.39 is 35.3 Å². The van der Waals surface area contributed by atoms with Crippen molar-refractivity contribution >= 4 is 52.2 Å². The second kappa shape index (κ2) is 10.1. The zero-order valence-electron chi connectivity index (χ0n) is 18.4. The van der Waals surface area contributed by atoms with Crippen molar-refractivity contribution in [3.63, 3.8) is 0 Å². The third kappa shape index (κ3) is 5.58. The maximum atomic E-state index is 13.0. The Morgan fingerprint density at radius 2 is 1.94 bits per heavy atom. The molecule has 0 spiro atoms. The lowest BCUT2D eigenvalue weighted by Crippen LogP contribution is -2.36. The third-order valence-corrected chi connectivity index (χ3v) is 6.13. The number of carbonyl (C=O) groups excluding carboxylic acids is 3. The topological polar surface area (TPSA) is 88.8 Å². The quantitative estimate of drug-likeness (QED) is 0.372. The molecule has 0 aliphatic carbocycles. The summed E-state index contributed by atoms with van der Waals surface area (Å²) in [6.45, 7) is -0.701. The minimum absolute atomic E-state index is 0.0151. The fourth-order valence-electron chi connectivity index (χ4n) is 3.31. The van der Waals surface area contributed by atoms with Gasteiger partial charge >= 0.3 is 6.18 Å². The Morgan fingerprint density at radius 1 is 1.17 bits per heavy atom. The van der Waals surface area contributed by atoms with E-state index in [1.54, 1.807) is 36.4 Å². The normalized spacial score (nSPS) is 15.0. The first kappa shape index (κ1) is 25.4. The van der Waals surface area contributed by atoms with Gasteiger partial charge in [0.1, 0.15) is 23.8 Å². The molecule has 1 aliphatic rings. The van der Waals surface area contributed by atoms with Gasteiger partial charge in [0.25, 0.3) is 11.1 Å². The number of hydrogen-bond donors (Lipinski definition) is 1. The van der Waals surface area contributed by atoms with Crippen molar-refractivity contribution < 1.29 is 36.7 Å². The van der Waals surface area contributed by atoms with Crippen LogP contribution in [0.4, 0.5) is 23.7 Å². The van der Waals surface area contributed by atoms with Gasteiger partial charge in [-0.2, -0.15) is 13.2 Å². The highest BCUT2D eigenvalue weighted by molar-refractivity contribution is 8.18. The van der Waals surface area contributed by atoms with Crippen LogP contribution in [0, 0.1) is 0 Å². The molecule has 0 atom stereocenters. The standard InChI is InChI=1S/C24H16ClF3N2O5S/c1-34-19-7-5-14(24(26,27)28)10-17(19)29-21(31)12-30-22(32)20(36-23(30)33)11-16-6-8-18(35-16)13-3-2-4-15(25)9-13/h2-11H,12H2,1H3,(H,29,31)/b20-11-. The van der Waals surface area contributed by atoms with Gasteiger partial charge in [-0.3, -0.25) is 19.3 Å². The Labute approximate surface area is 211 Å². The molecule has 2 heterocycles. The number of thioether (sulfide) groups is 1. The van der Waals surface area contributed by atoms with Crippen molar-refractivity contribution in [2.45, 2.75) is 6.18 Å². The highest BCUT2D eigenvalue weighted by Gasteiger charge is 2.37. The molecule has 4 rings (SSSR count). The highest BCUT2D eigenvalue weighted by atomic mass is 35.5. The zero-order chi connectivity index (χ0) is 26.0. The monoisotopic (exact) mass is 536 g/mol. The van der Waals surface area contributed by atoms with Gasteiger partial charge in [0.05, 0.1) is 23.3 Å². The number of benzene rings is 2. The third-order valence-electron chi connectivity index (χ3n) is 4.99. The lowest BCUT2D eigenvalue weighted by molar-refractivity contribution is -0.137. The van der Waals surface area contributed by atoms with E-state index in [4.69, 9.17) is 20.8 Å². The van der Waals surface area contributed by atoms with Crippen molar-refractivity contribution in [2.75, 3.05) is 19.0 Å². The molecule has 0 radical (unpaired) electrons. The first-order chi connectivity index (χ1) is 17.0. The predicted octanol–water partition coefficient (Wildman–Crippen LogP) is 6.30. The van der Waals surface area contributed by atoms with Gasteiger partial charge < -0.3 is 14.5 Å². The number of amides is 3. The van der Waals surface area contributed by atoms with Crippen LogP contribution in [0.5, 0.6) is 5.75 Å². The van der Waals surface area contributed by atoms with Crippen molar-refractivity contribution in [3.8, 4) is 17.1 Å². The Bertz CT molecular complexity index is 1390. The number of rotatable bonds is 6. The second-order valence-electron chi connectivity index (χ2n) is 7.44. The molecule has 1 N–H and O–H groups in total. The minimum atomic E-state index is -4.64. The van der Waals surface area contributed by atoms with Gasteiger partial charge in [-0.05, 0) is 54.2 Å². The summed E-state index contributed by atoms with van der Waals surface area (Å²) in [6.07, 6.45) is -3.27. The summed E-state index contributed by atoms with van der Waals surface area (Å²) < 4.78 is 49.8. The van der Waals surface area contributed by atoms with Crippen LogP contribution in [0.1, 0.15) is 11.3 Å². The number of nitrogens with zero attached hydrogens (tertiary/aromatic N) is 1. The largest absolute Gasteiger partial charge is 0.495 e. The molecule has 7 nitrogen and oxygen atoms in total. The molecule has 1 aliphatic heterocycles. The van der Waals surface area contributed by atoms with Crippen LogP contribution in [0.2, 0.25) is 5.02 Å². The highest BCUT2D eigenvalue weighted by Crippen LogP contribution is 2.36. The summed E-state index contributed by atoms with van der Waals surface area (Å²) in [7, 11) is 1.23. The van der Waals surface area contributed by atoms with Crippen LogP contribution < -0.4 is 10.1 Å². The lowest BCUT2D eigenvalue weighted by Gasteiger charge is -2.16. The molecule has 1 saturated heterocycles. The number of hydrogen-bond acceptors (Lipinski definition) is 6. The number of carbonyl (C=O) groups is 3. The van der Waals surface area contributed by atoms with E-state index in [-0.39, 0.29) is 16.3 Å². The summed E-state index contributed by atoms with van der Waals surface area (Å²) in [5.74, 6) is -0.834. The number of furan rings is 1. The number of nitrogens with one attached hydrogen (secondary N) is 1. The molecule has 12 heteroatoms. The smallest absolute Gasteiger partial charge is 0.416 e. The molecule has 0 bridgehead atoms. The molecule has 36 heavy (non-hydrogen) atoms. The first-order valence-corrected chi connectivity index (χ1v) is 11.4. The Kier molecular flexibility index (Phi) is 7.14. The first-order valence-electron chi connectivity index (χ1n) is 10.2. The molecule has 3 aromatic rings. The zero-order valence-corrected chi connectivity index (χ0v) is 20.0. The van der Waals surface area contributed by atoms with E-state index in [9.17, 15) is 27.6 Å². The molecular formula is C24H16ClF3N2O5S.